The Morgan fingerprint density at radius 3 is 1.95 bits per heavy atom. The second-order valence-corrected chi connectivity index (χ2v) is 5.88. The van der Waals surface area contributed by atoms with Crippen molar-refractivity contribution >= 4 is 11.8 Å². The van der Waals surface area contributed by atoms with Gasteiger partial charge in [-0.15, -0.1) is 0 Å². The summed E-state index contributed by atoms with van der Waals surface area (Å²) in [5, 5.41) is 0. The molecule has 1 aliphatic heterocycles. The first-order valence-electron chi connectivity index (χ1n) is 7.52. The SMILES string of the molecule is O=C(CC1CCCCC1)N1CCN(C(=O)C(F)(F)F)CC1. The van der Waals surface area contributed by atoms with E-state index in [1.165, 1.54) is 6.42 Å². The first-order valence-corrected chi connectivity index (χ1v) is 7.52. The van der Waals surface area contributed by atoms with Crippen LogP contribution in [-0.4, -0.2) is 54.0 Å². The molecule has 0 aromatic carbocycles. The molecule has 120 valence electrons. The van der Waals surface area contributed by atoms with Crippen LogP contribution in [0.2, 0.25) is 0 Å². The fourth-order valence-corrected chi connectivity index (χ4v) is 3.11. The summed E-state index contributed by atoms with van der Waals surface area (Å²) < 4.78 is 37.0. The van der Waals surface area contributed by atoms with Crippen molar-refractivity contribution in [2.24, 2.45) is 5.92 Å². The number of amides is 2. The maximum atomic E-state index is 12.3. The van der Waals surface area contributed by atoms with Gasteiger partial charge in [0.1, 0.15) is 0 Å². The Kier molecular flexibility index (Phi) is 5.11. The largest absolute Gasteiger partial charge is 0.471 e. The van der Waals surface area contributed by atoms with Crippen LogP contribution in [0.3, 0.4) is 0 Å². The average molecular weight is 306 g/mol. The topological polar surface area (TPSA) is 40.6 Å². The van der Waals surface area contributed by atoms with Gasteiger partial charge in [0, 0.05) is 32.6 Å². The van der Waals surface area contributed by atoms with E-state index in [0.29, 0.717) is 12.3 Å². The van der Waals surface area contributed by atoms with E-state index in [9.17, 15) is 22.8 Å². The zero-order chi connectivity index (χ0) is 15.5. The van der Waals surface area contributed by atoms with Crippen molar-refractivity contribution in [3.8, 4) is 0 Å². The van der Waals surface area contributed by atoms with Gasteiger partial charge in [-0.1, -0.05) is 19.3 Å². The highest BCUT2D eigenvalue weighted by atomic mass is 19.4. The van der Waals surface area contributed by atoms with E-state index in [2.05, 4.69) is 0 Å². The van der Waals surface area contributed by atoms with Crippen LogP contribution in [0.25, 0.3) is 0 Å². The first-order chi connectivity index (χ1) is 9.88. The third-order valence-electron chi connectivity index (χ3n) is 4.35. The van der Waals surface area contributed by atoms with E-state index in [-0.39, 0.29) is 32.1 Å². The van der Waals surface area contributed by atoms with Gasteiger partial charge in [0.25, 0.3) is 0 Å². The van der Waals surface area contributed by atoms with Crippen molar-refractivity contribution < 1.29 is 22.8 Å². The molecule has 1 saturated heterocycles. The highest BCUT2D eigenvalue weighted by Gasteiger charge is 2.43. The molecule has 2 aliphatic rings. The zero-order valence-electron chi connectivity index (χ0n) is 12.0. The Hall–Kier alpha value is -1.27. The first kappa shape index (κ1) is 16.1. The van der Waals surface area contributed by atoms with Crippen LogP contribution < -0.4 is 0 Å². The van der Waals surface area contributed by atoms with E-state index < -0.39 is 12.1 Å². The van der Waals surface area contributed by atoms with Crippen molar-refractivity contribution in [3.63, 3.8) is 0 Å². The standard InChI is InChI=1S/C14H21F3N2O2/c15-14(16,17)13(21)19-8-6-18(7-9-19)12(20)10-11-4-2-1-3-5-11/h11H,1-10H2. The van der Waals surface area contributed by atoms with Crippen LogP contribution in [0.1, 0.15) is 38.5 Å². The van der Waals surface area contributed by atoms with Crippen LogP contribution in [-0.2, 0) is 9.59 Å². The number of nitrogens with zero attached hydrogens (tertiary/aromatic N) is 2. The predicted molar refractivity (Wildman–Crippen MR) is 70.4 cm³/mol. The fourth-order valence-electron chi connectivity index (χ4n) is 3.11. The number of piperazine rings is 1. The van der Waals surface area contributed by atoms with Gasteiger partial charge >= 0.3 is 12.1 Å². The summed E-state index contributed by atoms with van der Waals surface area (Å²) >= 11 is 0. The predicted octanol–water partition coefficient (Wildman–Crippen LogP) is 2.19. The molecule has 0 aromatic heterocycles. The summed E-state index contributed by atoms with van der Waals surface area (Å²) in [6.07, 6.45) is 1.35. The molecule has 1 heterocycles. The number of carbonyl (C=O) groups excluding carboxylic acids is 2. The molecule has 21 heavy (non-hydrogen) atoms. The average Bonchev–Trinajstić information content (AvgIpc) is 2.46. The molecule has 2 rings (SSSR count). The smallest absolute Gasteiger partial charge is 0.339 e. The number of carbonyl (C=O) groups is 2. The van der Waals surface area contributed by atoms with E-state index in [1.54, 1.807) is 4.90 Å². The van der Waals surface area contributed by atoms with Gasteiger partial charge in [-0.05, 0) is 18.8 Å². The molecule has 2 amide bonds. The summed E-state index contributed by atoms with van der Waals surface area (Å²) in [5.41, 5.74) is 0. The Bertz CT molecular complexity index is 384. The molecule has 0 unspecified atom stereocenters. The quantitative estimate of drug-likeness (QED) is 0.784. The molecule has 2 fully saturated rings. The Morgan fingerprint density at radius 2 is 1.43 bits per heavy atom. The molecule has 1 saturated carbocycles. The van der Waals surface area contributed by atoms with Crippen LogP contribution in [0.4, 0.5) is 13.2 Å². The summed E-state index contributed by atoms with van der Waals surface area (Å²) in [7, 11) is 0. The van der Waals surface area contributed by atoms with Crippen molar-refractivity contribution in [1.29, 1.82) is 0 Å². The lowest BCUT2D eigenvalue weighted by molar-refractivity contribution is -0.187. The highest BCUT2D eigenvalue weighted by Crippen LogP contribution is 2.27. The molecule has 0 N–H and O–H groups in total. The van der Waals surface area contributed by atoms with Gasteiger partial charge in [0.05, 0.1) is 0 Å². The molecule has 1 aliphatic carbocycles. The van der Waals surface area contributed by atoms with E-state index in [1.807, 2.05) is 0 Å². The molecule has 0 radical (unpaired) electrons. The molecule has 0 bridgehead atoms. The van der Waals surface area contributed by atoms with Gasteiger partial charge in [0.2, 0.25) is 5.91 Å². The zero-order valence-corrected chi connectivity index (χ0v) is 12.0. The molecular weight excluding hydrogens is 285 g/mol. The van der Waals surface area contributed by atoms with Crippen LogP contribution in [0.15, 0.2) is 0 Å². The monoisotopic (exact) mass is 306 g/mol. The van der Waals surface area contributed by atoms with E-state index in [4.69, 9.17) is 0 Å². The van der Waals surface area contributed by atoms with Crippen LogP contribution in [0, 0.1) is 5.92 Å². The van der Waals surface area contributed by atoms with Gasteiger partial charge < -0.3 is 9.80 Å². The summed E-state index contributed by atoms with van der Waals surface area (Å²) in [6, 6.07) is 0. The minimum absolute atomic E-state index is 0.0148. The molecule has 0 aromatic rings. The third-order valence-corrected chi connectivity index (χ3v) is 4.35. The number of hydrogen-bond donors (Lipinski definition) is 0. The third kappa shape index (κ3) is 4.35. The van der Waals surface area contributed by atoms with Gasteiger partial charge in [-0.2, -0.15) is 13.2 Å². The molecule has 7 heteroatoms. The summed E-state index contributed by atoms with van der Waals surface area (Å²) in [4.78, 5) is 25.6. The summed E-state index contributed by atoms with van der Waals surface area (Å²) in [6.45, 7) is 0.338. The lowest BCUT2D eigenvalue weighted by atomic mass is 9.86. The van der Waals surface area contributed by atoms with E-state index in [0.717, 1.165) is 30.6 Å². The van der Waals surface area contributed by atoms with Gasteiger partial charge in [-0.25, -0.2) is 0 Å². The van der Waals surface area contributed by atoms with E-state index >= 15 is 0 Å². The van der Waals surface area contributed by atoms with Crippen molar-refractivity contribution in [1.82, 2.24) is 9.80 Å². The van der Waals surface area contributed by atoms with Crippen molar-refractivity contribution in [2.75, 3.05) is 26.2 Å². The van der Waals surface area contributed by atoms with Gasteiger partial charge in [0.15, 0.2) is 0 Å². The van der Waals surface area contributed by atoms with Gasteiger partial charge in [-0.3, -0.25) is 9.59 Å². The maximum absolute atomic E-state index is 12.3. The molecule has 0 atom stereocenters. The summed E-state index contributed by atoms with van der Waals surface area (Å²) in [5.74, 6) is -1.37. The fraction of sp³-hybridized carbons (Fsp3) is 0.857. The minimum atomic E-state index is -4.83. The number of hydrogen-bond acceptors (Lipinski definition) is 2. The maximum Gasteiger partial charge on any atom is 0.471 e. The molecule has 0 spiro atoms. The van der Waals surface area contributed by atoms with Crippen LogP contribution in [0.5, 0.6) is 0 Å². The normalized spacial score (nSPS) is 21.5. The molecular formula is C14H21F3N2O2. The highest BCUT2D eigenvalue weighted by molar-refractivity contribution is 5.82. The lowest BCUT2D eigenvalue weighted by Gasteiger charge is -2.35. The van der Waals surface area contributed by atoms with Crippen LogP contribution >= 0.6 is 0 Å². The minimum Gasteiger partial charge on any atom is -0.339 e. The number of halogens is 3. The van der Waals surface area contributed by atoms with Crippen molar-refractivity contribution in [2.45, 2.75) is 44.7 Å². The Labute approximate surface area is 122 Å². The lowest BCUT2D eigenvalue weighted by Crippen LogP contribution is -2.53. The second-order valence-electron chi connectivity index (χ2n) is 5.88. The number of alkyl halides is 3. The second kappa shape index (κ2) is 6.66. The van der Waals surface area contributed by atoms with Crippen molar-refractivity contribution in [3.05, 3.63) is 0 Å². The Balaban J connectivity index is 1.78. The molecule has 4 nitrogen and oxygen atoms in total. The number of rotatable bonds is 2. The Morgan fingerprint density at radius 1 is 0.905 bits per heavy atom.